The molecule has 0 unspecified atom stereocenters. The number of rotatable bonds is 1. The second-order valence-electron chi connectivity index (χ2n) is 7.42. The van der Waals surface area contributed by atoms with Crippen molar-refractivity contribution >= 4 is 38.5 Å². The molecule has 25 heavy (non-hydrogen) atoms. The maximum absolute atomic E-state index is 12.2. The number of carbonyl (C=O) groups excluding carboxylic acids is 1. The fourth-order valence-electron chi connectivity index (χ4n) is 3.01. The first-order valence-corrected chi connectivity index (χ1v) is 9.25. The van der Waals surface area contributed by atoms with Gasteiger partial charge in [-0.25, -0.2) is 4.79 Å². The van der Waals surface area contributed by atoms with Crippen molar-refractivity contribution in [3.8, 4) is 0 Å². The lowest BCUT2D eigenvalue weighted by molar-refractivity contribution is 0.0270. The van der Waals surface area contributed by atoms with Gasteiger partial charge in [-0.15, -0.1) is 0 Å². The molecule has 1 aromatic carbocycles. The first kappa shape index (κ1) is 17.9. The van der Waals surface area contributed by atoms with Crippen molar-refractivity contribution in [2.24, 2.45) is 0 Å². The molecule has 0 N–H and O–H groups in total. The van der Waals surface area contributed by atoms with Gasteiger partial charge in [0, 0.05) is 29.1 Å². The summed E-state index contributed by atoms with van der Waals surface area (Å²) in [5.74, 6) is 0. The molecule has 5 heteroatoms. The molecule has 0 fully saturated rings. The van der Waals surface area contributed by atoms with Crippen LogP contribution in [0.5, 0.6) is 0 Å². The Balaban J connectivity index is 1.82. The van der Waals surface area contributed by atoms with Gasteiger partial charge in [0.05, 0.1) is 5.52 Å². The van der Waals surface area contributed by atoms with E-state index in [4.69, 9.17) is 4.74 Å². The fraction of sp³-hybridized carbons (Fsp3) is 0.400. The van der Waals surface area contributed by atoms with E-state index in [1.54, 1.807) is 4.90 Å². The Labute approximate surface area is 157 Å². The number of hydrogen-bond acceptors (Lipinski definition) is 3. The molecule has 0 spiro atoms. The third-order valence-corrected chi connectivity index (χ3v) is 4.61. The van der Waals surface area contributed by atoms with Gasteiger partial charge >= 0.3 is 6.09 Å². The molecule has 1 amide bonds. The number of pyridine rings is 1. The molecule has 2 aromatic rings. The molecule has 0 saturated carbocycles. The van der Waals surface area contributed by atoms with E-state index in [1.165, 1.54) is 11.1 Å². The normalized spacial score (nSPS) is 15.2. The smallest absolute Gasteiger partial charge is 0.410 e. The number of ether oxygens (including phenoxy) is 1. The van der Waals surface area contributed by atoms with Gasteiger partial charge in [-0.2, -0.15) is 0 Å². The number of amides is 1. The van der Waals surface area contributed by atoms with Gasteiger partial charge in [0.1, 0.15) is 5.60 Å². The Bertz CT molecular complexity index is 853. The van der Waals surface area contributed by atoms with Gasteiger partial charge < -0.3 is 9.64 Å². The number of carbonyl (C=O) groups is 1. The lowest BCUT2D eigenvalue weighted by Crippen LogP contribution is -2.39. The van der Waals surface area contributed by atoms with Crippen LogP contribution in [0.4, 0.5) is 4.79 Å². The fourth-order valence-corrected chi connectivity index (χ4v) is 3.36. The summed E-state index contributed by atoms with van der Waals surface area (Å²) in [7, 11) is 0. The Morgan fingerprint density at radius 2 is 2.04 bits per heavy atom. The van der Waals surface area contributed by atoms with E-state index in [-0.39, 0.29) is 6.09 Å². The molecule has 1 aliphatic rings. The molecule has 0 radical (unpaired) electrons. The number of halogens is 1. The van der Waals surface area contributed by atoms with Gasteiger partial charge in [-0.3, -0.25) is 4.98 Å². The number of benzene rings is 1. The predicted octanol–water partition coefficient (Wildman–Crippen LogP) is 5.33. The molecule has 0 bridgehead atoms. The van der Waals surface area contributed by atoms with E-state index >= 15 is 0 Å². The maximum atomic E-state index is 12.2. The van der Waals surface area contributed by atoms with Crippen molar-refractivity contribution in [3.63, 3.8) is 0 Å². The van der Waals surface area contributed by atoms with E-state index in [2.05, 4.69) is 52.1 Å². The molecule has 1 aliphatic heterocycles. The van der Waals surface area contributed by atoms with Crippen LogP contribution in [0.1, 0.15) is 38.3 Å². The minimum Gasteiger partial charge on any atom is -0.444 e. The molecule has 1 aromatic heterocycles. The lowest BCUT2D eigenvalue weighted by atomic mass is 9.96. The van der Waals surface area contributed by atoms with Crippen LogP contribution >= 0.6 is 15.9 Å². The topological polar surface area (TPSA) is 42.4 Å². The summed E-state index contributed by atoms with van der Waals surface area (Å²) in [4.78, 5) is 18.4. The number of aryl methyl sites for hydroxylation is 1. The summed E-state index contributed by atoms with van der Waals surface area (Å²) in [6, 6.07) is 6.45. The molecule has 0 aliphatic carbocycles. The van der Waals surface area contributed by atoms with Gasteiger partial charge in [0.15, 0.2) is 0 Å². The van der Waals surface area contributed by atoms with Crippen LogP contribution in [0.3, 0.4) is 0 Å². The highest BCUT2D eigenvalue weighted by Crippen LogP contribution is 2.29. The van der Waals surface area contributed by atoms with Crippen molar-refractivity contribution < 1.29 is 9.53 Å². The standard InChI is InChI=1S/C20H23BrN2O2/c1-13-9-15(10-16-11-17(21)12-22-18(13)16)14-5-7-23(8-6-14)19(24)25-20(2,3)4/h5,9-12H,6-8H2,1-4H3. The van der Waals surface area contributed by atoms with Crippen LogP contribution < -0.4 is 0 Å². The van der Waals surface area contributed by atoms with Gasteiger partial charge in [-0.05, 0) is 84.9 Å². The Morgan fingerprint density at radius 3 is 2.68 bits per heavy atom. The van der Waals surface area contributed by atoms with E-state index in [0.717, 1.165) is 27.4 Å². The van der Waals surface area contributed by atoms with Crippen LogP contribution in [0.2, 0.25) is 0 Å². The van der Waals surface area contributed by atoms with Crippen molar-refractivity contribution in [1.82, 2.24) is 9.88 Å². The highest BCUT2D eigenvalue weighted by molar-refractivity contribution is 9.10. The van der Waals surface area contributed by atoms with E-state index in [1.807, 2.05) is 27.0 Å². The summed E-state index contributed by atoms with van der Waals surface area (Å²) in [5, 5.41) is 1.12. The Hall–Kier alpha value is -1.88. The maximum Gasteiger partial charge on any atom is 0.410 e. The summed E-state index contributed by atoms with van der Waals surface area (Å²) in [5.41, 5.74) is 4.20. The number of fused-ring (bicyclic) bond motifs is 1. The highest BCUT2D eigenvalue weighted by Gasteiger charge is 2.24. The molecular formula is C20H23BrN2O2. The molecule has 132 valence electrons. The first-order valence-electron chi connectivity index (χ1n) is 8.46. The van der Waals surface area contributed by atoms with Gasteiger partial charge in [-0.1, -0.05) is 6.08 Å². The Morgan fingerprint density at radius 1 is 1.28 bits per heavy atom. The number of hydrogen-bond donors (Lipinski definition) is 0. The molecule has 0 saturated heterocycles. The lowest BCUT2D eigenvalue weighted by Gasteiger charge is -2.29. The van der Waals surface area contributed by atoms with E-state index in [9.17, 15) is 4.79 Å². The highest BCUT2D eigenvalue weighted by atomic mass is 79.9. The zero-order valence-corrected chi connectivity index (χ0v) is 16.7. The minimum atomic E-state index is -0.461. The predicted molar refractivity (Wildman–Crippen MR) is 105 cm³/mol. The molecule has 0 atom stereocenters. The second kappa shape index (κ2) is 6.79. The van der Waals surface area contributed by atoms with Gasteiger partial charge in [0.2, 0.25) is 0 Å². The van der Waals surface area contributed by atoms with Gasteiger partial charge in [0.25, 0.3) is 0 Å². The molecule has 2 heterocycles. The van der Waals surface area contributed by atoms with Crippen molar-refractivity contribution in [3.05, 3.63) is 46.1 Å². The average molecular weight is 403 g/mol. The quantitative estimate of drug-likeness (QED) is 0.647. The largest absolute Gasteiger partial charge is 0.444 e. The monoisotopic (exact) mass is 402 g/mol. The van der Waals surface area contributed by atoms with Crippen LogP contribution in [-0.4, -0.2) is 34.7 Å². The van der Waals surface area contributed by atoms with Crippen LogP contribution in [0.15, 0.2) is 34.9 Å². The third kappa shape index (κ3) is 4.21. The van der Waals surface area contributed by atoms with Crippen molar-refractivity contribution in [2.45, 2.75) is 39.7 Å². The third-order valence-electron chi connectivity index (χ3n) is 4.17. The molecular weight excluding hydrogens is 380 g/mol. The Kier molecular flexibility index (Phi) is 4.87. The van der Waals surface area contributed by atoms with E-state index in [0.29, 0.717) is 13.1 Å². The summed E-state index contributed by atoms with van der Waals surface area (Å²) in [6.07, 6.45) is 4.53. The summed E-state index contributed by atoms with van der Waals surface area (Å²) in [6.45, 7) is 9.01. The first-order chi connectivity index (χ1) is 11.7. The van der Waals surface area contributed by atoms with Crippen molar-refractivity contribution in [2.75, 3.05) is 13.1 Å². The summed E-state index contributed by atoms with van der Waals surface area (Å²) < 4.78 is 6.43. The molecule has 3 rings (SSSR count). The number of aromatic nitrogens is 1. The van der Waals surface area contributed by atoms with E-state index < -0.39 is 5.60 Å². The van der Waals surface area contributed by atoms with Crippen LogP contribution in [-0.2, 0) is 4.74 Å². The average Bonchev–Trinajstić information content (AvgIpc) is 2.53. The SMILES string of the molecule is Cc1cc(C2=CCN(C(=O)OC(C)(C)C)CC2)cc2cc(Br)cnc12. The summed E-state index contributed by atoms with van der Waals surface area (Å²) >= 11 is 3.49. The minimum absolute atomic E-state index is 0.245. The zero-order valence-electron chi connectivity index (χ0n) is 15.1. The van der Waals surface area contributed by atoms with Crippen LogP contribution in [0, 0.1) is 6.92 Å². The van der Waals surface area contributed by atoms with Crippen LogP contribution in [0.25, 0.3) is 16.5 Å². The molecule has 4 nitrogen and oxygen atoms in total. The zero-order chi connectivity index (χ0) is 18.2. The number of nitrogens with zero attached hydrogens (tertiary/aromatic N) is 2. The van der Waals surface area contributed by atoms with Crippen molar-refractivity contribution in [1.29, 1.82) is 0 Å². The second-order valence-corrected chi connectivity index (χ2v) is 8.34.